The molecule has 1 aromatic rings. The molecule has 0 radical (unpaired) electrons. The van der Waals surface area contributed by atoms with Crippen molar-refractivity contribution in [2.24, 2.45) is 5.14 Å². The van der Waals surface area contributed by atoms with E-state index >= 15 is 0 Å². The van der Waals surface area contributed by atoms with Crippen LogP contribution in [0.5, 0.6) is 0 Å². The number of primary sulfonamides is 1. The van der Waals surface area contributed by atoms with E-state index in [4.69, 9.17) is 10.4 Å². The van der Waals surface area contributed by atoms with Crippen molar-refractivity contribution in [3.8, 4) is 6.07 Å². The van der Waals surface area contributed by atoms with E-state index in [0.717, 1.165) is 12.0 Å². The van der Waals surface area contributed by atoms with Gasteiger partial charge in [0.1, 0.15) is 0 Å². The molecule has 1 aromatic carbocycles. The summed E-state index contributed by atoms with van der Waals surface area (Å²) < 4.78 is 22.0. The van der Waals surface area contributed by atoms with Gasteiger partial charge in [-0.25, -0.2) is 13.6 Å². The van der Waals surface area contributed by atoms with Crippen molar-refractivity contribution >= 4 is 10.0 Å². The summed E-state index contributed by atoms with van der Waals surface area (Å²) in [7, 11) is -3.62. The molecule has 0 spiro atoms. The third kappa shape index (κ3) is 4.53. The first-order valence-electron chi connectivity index (χ1n) is 5.18. The zero-order valence-electron chi connectivity index (χ0n) is 9.55. The Balaban J connectivity index is 2.56. The van der Waals surface area contributed by atoms with Crippen molar-refractivity contribution in [2.45, 2.75) is 24.3 Å². The third-order valence-electron chi connectivity index (χ3n) is 2.31. The van der Waals surface area contributed by atoms with Gasteiger partial charge < -0.3 is 5.32 Å². The summed E-state index contributed by atoms with van der Waals surface area (Å²) >= 11 is 0. The van der Waals surface area contributed by atoms with Crippen LogP contribution in [-0.2, 0) is 16.4 Å². The van der Waals surface area contributed by atoms with E-state index in [1.165, 1.54) is 12.1 Å². The molecule has 1 atom stereocenters. The number of nitriles is 1. The molecular weight excluding hydrogens is 238 g/mol. The lowest BCUT2D eigenvalue weighted by molar-refractivity contribution is 0.597. The number of benzene rings is 1. The quantitative estimate of drug-likeness (QED) is 0.792. The van der Waals surface area contributed by atoms with Crippen molar-refractivity contribution < 1.29 is 8.42 Å². The van der Waals surface area contributed by atoms with Gasteiger partial charge in [-0.05, 0) is 31.0 Å². The van der Waals surface area contributed by atoms with Crippen LogP contribution < -0.4 is 10.5 Å². The van der Waals surface area contributed by atoms with Crippen LogP contribution in [0.15, 0.2) is 29.2 Å². The minimum atomic E-state index is -3.62. The lowest BCUT2D eigenvalue weighted by atomic mass is 10.1. The Morgan fingerprint density at radius 3 is 2.47 bits per heavy atom. The van der Waals surface area contributed by atoms with Gasteiger partial charge in [0.2, 0.25) is 10.0 Å². The molecule has 0 amide bonds. The molecule has 0 aliphatic carbocycles. The molecule has 0 bridgehead atoms. The van der Waals surface area contributed by atoms with E-state index in [-0.39, 0.29) is 10.9 Å². The molecular formula is C11H15N3O2S. The van der Waals surface area contributed by atoms with E-state index < -0.39 is 10.0 Å². The average Bonchev–Trinajstić information content (AvgIpc) is 2.28. The molecule has 1 rings (SSSR count). The Bertz CT molecular complexity index is 503. The second kappa shape index (κ2) is 5.77. The zero-order valence-corrected chi connectivity index (χ0v) is 10.4. The average molecular weight is 253 g/mol. The van der Waals surface area contributed by atoms with Crippen LogP contribution in [0.4, 0.5) is 0 Å². The van der Waals surface area contributed by atoms with Crippen LogP contribution in [0, 0.1) is 11.3 Å². The molecule has 0 heterocycles. The molecule has 0 aromatic heterocycles. The number of nitrogens with two attached hydrogens (primary N) is 1. The minimum absolute atomic E-state index is 0.111. The second-order valence-corrected chi connectivity index (χ2v) is 5.31. The predicted octanol–water partition coefficient (Wildman–Crippen LogP) is 0.378. The number of hydrogen-bond donors (Lipinski definition) is 2. The minimum Gasteiger partial charge on any atom is -0.302 e. The van der Waals surface area contributed by atoms with Gasteiger partial charge in [-0.2, -0.15) is 5.26 Å². The summed E-state index contributed by atoms with van der Waals surface area (Å²) in [5, 5.41) is 16.6. The molecule has 0 aliphatic rings. The van der Waals surface area contributed by atoms with Gasteiger partial charge in [-0.15, -0.1) is 0 Å². The van der Waals surface area contributed by atoms with Crippen LogP contribution in [0.25, 0.3) is 0 Å². The summed E-state index contributed by atoms with van der Waals surface area (Å²) in [4.78, 5) is 0.111. The maximum Gasteiger partial charge on any atom is 0.238 e. The maximum atomic E-state index is 11.0. The van der Waals surface area contributed by atoms with E-state index in [0.29, 0.717) is 6.54 Å². The smallest absolute Gasteiger partial charge is 0.238 e. The summed E-state index contributed by atoms with van der Waals surface area (Å²) in [5.41, 5.74) is 0.995. The Hall–Kier alpha value is -1.42. The summed E-state index contributed by atoms with van der Waals surface area (Å²) in [6.45, 7) is 2.45. The Kier molecular flexibility index (Phi) is 4.63. The van der Waals surface area contributed by atoms with Crippen LogP contribution >= 0.6 is 0 Å². The van der Waals surface area contributed by atoms with Crippen LogP contribution in [0.3, 0.4) is 0 Å². The standard InChI is InChI=1S/C11H15N3O2S/c1-9(8-12)14-7-6-10-2-4-11(5-3-10)17(13,15)16/h2-5,9,14H,6-7H2,1H3,(H2,13,15,16). The molecule has 17 heavy (non-hydrogen) atoms. The van der Waals surface area contributed by atoms with Gasteiger partial charge in [-0.1, -0.05) is 12.1 Å². The second-order valence-electron chi connectivity index (χ2n) is 3.74. The van der Waals surface area contributed by atoms with E-state index in [2.05, 4.69) is 11.4 Å². The molecule has 6 heteroatoms. The molecule has 0 fully saturated rings. The zero-order chi connectivity index (χ0) is 12.9. The highest BCUT2D eigenvalue weighted by atomic mass is 32.2. The fourth-order valence-corrected chi connectivity index (χ4v) is 1.84. The van der Waals surface area contributed by atoms with Crippen molar-refractivity contribution in [2.75, 3.05) is 6.54 Å². The van der Waals surface area contributed by atoms with Crippen LogP contribution in [-0.4, -0.2) is 21.0 Å². The van der Waals surface area contributed by atoms with E-state index in [1.807, 2.05) is 0 Å². The predicted molar refractivity (Wildman–Crippen MR) is 64.6 cm³/mol. The first-order chi connectivity index (χ1) is 7.93. The van der Waals surface area contributed by atoms with Gasteiger partial charge in [0.15, 0.2) is 0 Å². The van der Waals surface area contributed by atoms with Crippen LogP contribution in [0.2, 0.25) is 0 Å². The Labute approximate surface area is 101 Å². The third-order valence-corrected chi connectivity index (χ3v) is 3.24. The normalized spacial score (nSPS) is 13.0. The summed E-state index contributed by atoms with van der Waals surface area (Å²) in [5.74, 6) is 0. The van der Waals surface area contributed by atoms with Gasteiger partial charge in [0, 0.05) is 6.54 Å². The lowest BCUT2D eigenvalue weighted by Crippen LogP contribution is -2.26. The first-order valence-corrected chi connectivity index (χ1v) is 6.73. The van der Waals surface area contributed by atoms with Crippen molar-refractivity contribution in [1.29, 1.82) is 5.26 Å². The number of nitrogens with zero attached hydrogens (tertiary/aromatic N) is 1. The maximum absolute atomic E-state index is 11.0. The van der Waals surface area contributed by atoms with E-state index in [1.54, 1.807) is 19.1 Å². The van der Waals surface area contributed by atoms with Gasteiger partial charge >= 0.3 is 0 Å². The molecule has 0 aliphatic heterocycles. The highest BCUT2D eigenvalue weighted by molar-refractivity contribution is 7.89. The SMILES string of the molecule is CC(C#N)NCCc1ccc(S(N)(=O)=O)cc1. The number of sulfonamides is 1. The van der Waals surface area contributed by atoms with Crippen molar-refractivity contribution in [1.82, 2.24) is 5.32 Å². The van der Waals surface area contributed by atoms with E-state index in [9.17, 15) is 8.42 Å². The number of nitrogens with one attached hydrogen (secondary N) is 1. The number of hydrogen-bond acceptors (Lipinski definition) is 4. The van der Waals surface area contributed by atoms with Gasteiger partial charge in [-0.3, -0.25) is 0 Å². The summed E-state index contributed by atoms with van der Waals surface area (Å²) in [6.07, 6.45) is 0.733. The summed E-state index contributed by atoms with van der Waals surface area (Å²) in [6, 6.07) is 8.30. The van der Waals surface area contributed by atoms with Gasteiger partial charge in [0.25, 0.3) is 0 Å². The first kappa shape index (κ1) is 13.6. The van der Waals surface area contributed by atoms with Crippen molar-refractivity contribution in [3.63, 3.8) is 0 Å². The molecule has 0 saturated carbocycles. The molecule has 92 valence electrons. The monoisotopic (exact) mass is 253 g/mol. The molecule has 0 saturated heterocycles. The largest absolute Gasteiger partial charge is 0.302 e. The fourth-order valence-electron chi connectivity index (χ4n) is 1.32. The lowest BCUT2D eigenvalue weighted by Gasteiger charge is -2.06. The highest BCUT2D eigenvalue weighted by Crippen LogP contribution is 2.08. The topological polar surface area (TPSA) is 96.0 Å². The molecule has 5 nitrogen and oxygen atoms in total. The van der Waals surface area contributed by atoms with Crippen molar-refractivity contribution in [3.05, 3.63) is 29.8 Å². The number of rotatable bonds is 5. The van der Waals surface area contributed by atoms with Gasteiger partial charge in [0.05, 0.1) is 17.0 Å². The highest BCUT2D eigenvalue weighted by Gasteiger charge is 2.06. The Morgan fingerprint density at radius 1 is 1.41 bits per heavy atom. The Morgan fingerprint density at radius 2 is 2.00 bits per heavy atom. The molecule has 3 N–H and O–H groups in total. The molecule has 1 unspecified atom stereocenters. The van der Waals surface area contributed by atoms with Crippen LogP contribution in [0.1, 0.15) is 12.5 Å². The fraction of sp³-hybridized carbons (Fsp3) is 0.364.